The van der Waals surface area contributed by atoms with E-state index in [4.69, 9.17) is 0 Å². The highest BCUT2D eigenvalue weighted by Gasteiger charge is 2.32. The lowest BCUT2D eigenvalue weighted by Gasteiger charge is -2.12. The molecule has 0 aliphatic heterocycles. The summed E-state index contributed by atoms with van der Waals surface area (Å²) in [4.78, 5) is 35.2. The number of nitrogens with zero attached hydrogens (tertiary/aromatic N) is 2. The molecule has 25 heavy (non-hydrogen) atoms. The average Bonchev–Trinajstić information content (AvgIpc) is 2.56. The summed E-state index contributed by atoms with van der Waals surface area (Å²) in [5, 5.41) is 0. The maximum atomic E-state index is 14.3. The Morgan fingerprint density at radius 1 is 1.04 bits per heavy atom. The zero-order chi connectivity index (χ0) is 19.0. The Bertz CT molecular complexity index is 965. The van der Waals surface area contributed by atoms with Gasteiger partial charge >= 0.3 is 11.7 Å². The van der Waals surface area contributed by atoms with E-state index < -0.39 is 57.2 Å². The van der Waals surface area contributed by atoms with E-state index in [0.717, 1.165) is 17.8 Å². The molecule has 2 aromatic rings. The van der Waals surface area contributed by atoms with Crippen molar-refractivity contribution in [3.63, 3.8) is 0 Å². The van der Waals surface area contributed by atoms with E-state index in [1.165, 1.54) is 14.0 Å². The first-order valence-electron chi connectivity index (χ1n) is 6.93. The summed E-state index contributed by atoms with van der Waals surface area (Å²) in [6.07, 6.45) is 0.745. The van der Waals surface area contributed by atoms with Gasteiger partial charge in [0.15, 0.2) is 23.3 Å². The SMILES string of the molecule is CCOC(=O)c1c(F)c(F)c(-c2cn(C)c(=O)n(C)c2=O)c(F)c1F. The average molecular weight is 360 g/mol. The van der Waals surface area contributed by atoms with Gasteiger partial charge in [-0.25, -0.2) is 27.2 Å². The molecule has 6 nitrogen and oxygen atoms in total. The van der Waals surface area contributed by atoms with Gasteiger partial charge in [-0.05, 0) is 6.92 Å². The Kier molecular flexibility index (Phi) is 4.82. The minimum atomic E-state index is -2.00. The third-order valence-electron chi connectivity index (χ3n) is 3.46. The standard InChI is InChI=1S/C15H12F4N2O4/c1-4-25-14(23)8-11(18)9(16)7(10(17)12(8)19)6-5-20(2)15(24)21(3)13(6)22/h5H,4H2,1-3H3. The summed E-state index contributed by atoms with van der Waals surface area (Å²) >= 11 is 0. The highest BCUT2D eigenvalue weighted by Crippen LogP contribution is 2.30. The van der Waals surface area contributed by atoms with Crippen LogP contribution in [-0.4, -0.2) is 21.7 Å². The monoisotopic (exact) mass is 360 g/mol. The molecule has 0 radical (unpaired) electrons. The predicted molar refractivity (Wildman–Crippen MR) is 78.1 cm³/mol. The van der Waals surface area contributed by atoms with Crippen molar-refractivity contribution >= 4 is 5.97 Å². The normalized spacial score (nSPS) is 10.8. The molecule has 0 fully saturated rings. The molecule has 2 rings (SSSR count). The van der Waals surface area contributed by atoms with E-state index >= 15 is 0 Å². The van der Waals surface area contributed by atoms with Crippen molar-refractivity contribution in [2.24, 2.45) is 14.1 Å². The van der Waals surface area contributed by atoms with Crippen molar-refractivity contribution in [1.82, 2.24) is 9.13 Å². The molecule has 0 atom stereocenters. The molecule has 10 heteroatoms. The Labute approximate surface area is 137 Å². The zero-order valence-electron chi connectivity index (χ0n) is 13.3. The second kappa shape index (κ2) is 6.54. The molecule has 0 amide bonds. The van der Waals surface area contributed by atoms with Crippen LogP contribution >= 0.6 is 0 Å². The van der Waals surface area contributed by atoms with Crippen molar-refractivity contribution in [1.29, 1.82) is 0 Å². The molecule has 1 aromatic carbocycles. The Morgan fingerprint density at radius 3 is 2.04 bits per heavy atom. The highest BCUT2D eigenvalue weighted by atomic mass is 19.2. The van der Waals surface area contributed by atoms with E-state index in [9.17, 15) is 31.9 Å². The number of carbonyl (C=O) groups is 1. The number of carbonyl (C=O) groups excluding carboxylic acids is 1. The first-order chi connectivity index (χ1) is 11.6. The fourth-order valence-electron chi connectivity index (χ4n) is 2.23. The molecular weight excluding hydrogens is 348 g/mol. The van der Waals surface area contributed by atoms with Crippen LogP contribution < -0.4 is 11.2 Å². The van der Waals surface area contributed by atoms with Gasteiger partial charge in [0, 0.05) is 20.3 Å². The Hall–Kier alpha value is -2.91. The summed E-state index contributed by atoms with van der Waals surface area (Å²) in [5.74, 6) is -9.47. The number of rotatable bonds is 3. The highest BCUT2D eigenvalue weighted by molar-refractivity contribution is 5.91. The van der Waals surface area contributed by atoms with Gasteiger partial charge in [-0.2, -0.15) is 0 Å². The first kappa shape index (κ1) is 18.4. The molecule has 0 bridgehead atoms. The van der Waals surface area contributed by atoms with Gasteiger partial charge in [-0.15, -0.1) is 0 Å². The predicted octanol–water partition coefficient (Wildman–Crippen LogP) is 1.48. The maximum absolute atomic E-state index is 14.3. The van der Waals surface area contributed by atoms with Crippen LogP contribution in [0.5, 0.6) is 0 Å². The largest absolute Gasteiger partial charge is 0.462 e. The molecule has 0 aliphatic rings. The van der Waals surface area contributed by atoms with Crippen LogP contribution in [0.4, 0.5) is 17.6 Å². The molecule has 1 aromatic heterocycles. The third-order valence-corrected chi connectivity index (χ3v) is 3.46. The Balaban J connectivity index is 2.90. The minimum Gasteiger partial charge on any atom is -0.462 e. The number of hydrogen-bond acceptors (Lipinski definition) is 4. The molecule has 0 N–H and O–H groups in total. The number of halogens is 4. The summed E-state index contributed by atoms with van der Waals surface area (Å²) in [7, 11) is 2.21. The zero-order valence-corrected chi connectivity index (χ0v) is 13.3. The summed E-state index contributed by atoms with van der Waals surface area (Å²) < 4.78 is 62.5. The number of esters is 1. The summed E-state index contributed by atoms with van der Waals surface area (Å²) in [5.41, 5.74) is -5.61. The van der Waals surface area contributed by atoms with E-state index in [1.807, 2.05) is 0 Å². The number of aryl methyl sites for hydroxylation is 1. The summed E-state index contributed by atoms with van der Waals surface area (Å²) in [6.45, 7) is 1.06. The lowest BCUT2D eigenvalue weighted by molar-refractivity contribution is 0.0512. The quantitative estimate of drug-likeness (QED) is 0.472. The molecule has 1 heterocycles. The third kappa shape index (κ3) is 2.83. The number of ether oxygens (including phenoxy) is 1. The topological polar surface area (TPSA) is 70.3 Å². The van der Waals surface area contributed by atoms with Crippen molar-refractivity contribution in [2.75, 3.05) is 6.61 Å². The molecule has 0 aliphatic carbocycles. The lowest BCUT2D eigenvalue weighted by Crippen LogP contribution is -2.37. The molecule has 0 unspecified atom stereocenters. The molecule has 0 saturated heterocycles. The van der Waals surface area contributed by atoms with Crippen LogP contribution in [0.25, 0.3) is 11.1 Å². The minimum absolute atomic E-state index is 0.274. The second-order valence-electron chi connectivity index (χ2n) is 5.03. The van der Waals surface area contributed by atoms with Crippen LogP contribution in [0.2, 0.25) is 0 Å². The van der Waals surface area contributed by atoms with Gasteiger partial charge in [0.1, 0.15) is 5.56 Å². The van der Waals surface area contributed by atoms with Crippen molar-refractivity contribution in [3.8, 4) is 11.1 Å². The molecular formula is C15H12F4N2O4. The van der Waals surface area contributed by atoms with E-state index in [0.29, 0.717) is 4.57 Å². The van der Waals surface area contributed by atoms with Gasteiger partial charge in [0.25, 0.3) is 5.56 Å². The first-order valence-corrected chi connectivity index (χ1v) is 6.93. The molecule has 134 valence electrons. The number of hydrogen-bond donors (Lipinski definition) is 0. The van der Waals surface area contributed by atoms with Crippen molar-refractivity contribution in [2.45, 2.75) is 6.92 Å². The van der Waals surface area contributed by atoms with Crippen LogP contribution in [0, 0.1) is 23.3 Å². The van der Waals surface area contributed by atoms with Gasteiger partial charge in [0.05, 0.1) is 17.7 Å². The fourth-order valence-corrected chi connectivity index (χ4v) is 2.23. The van der Waals surface area contributed by atoms with E-state index in [2.05, 4.69) is 4.74 Å². The summed E-state index contributed by atoms with van der Waals surface area (Å²) in [6, 6.07) is 0. The Morgan fingerprint density at radius 2 is 1.56 bits per heavy atom. The van der Waals surface area contributed by atoms with Crippen molar-refractivity contribution in [3.05, 3.63) is 55.9 Å². The van der Waals surface area contributed by atoms with Gasteiger partial charge in [-0.3, -0.25) is 9.36 Å². The number of benzene rings is 1. The second-order valence-corrected chi connectivity index (χ2v) is 5.03. The van der Waals surface area contributed by atoms with Gasteiger partial charge < -0.3 is 9.30 Å². The van der Waals surface area contributed by atoms with Crippen LogP contribution in [0.1, 0.15) is 17.3 Å². The van der Waals surface area contributed by atoms with Crippen LogP contribution in [0.3, 0.4) is 0 Å². The van der Waals surface area contributed by atoms with Crippen LogP contribution in [0.15, 0.2) is 15.8 Å². The van der Waals surface area contributed by atoms with E-state index in [-0.39, 0.29) is 6.61 Å². The lowest BCUT2D eigenvalue weighted by atomic mass is 10.0. The smallest absolute Gasteiger partial charge is 0.344 e. The van der Waals surface area contributed by atoms with Gasteiger partial charge in [-0.1, -0.05) is 0 Å². The fraction of sp³-hybridized carbons (Fsp3) is 0.267. The van der Waals surface area contributed by atoms with Gasteiger partial charge in [0.2, 0.25) is 0 Å². The number of aromatic nitrogens is 2. The molecule has 0 saturated carbocycles. The van der Waals surface area contributed by atoms with Crippen LogP contribution in [-0.2, 0) is 18.8 Å². The maximum Gasteiger partial charge on any atom is 0.344 e. The van der Waals surface area contributed by atoms with Crippen molar-refractivity contribution < 1.29 is 27.1 Å². The molecule has 0 spiro atoms. The van der Waals surface area contributed by atoms with E-state index in [1.54, 1.807) is 0 Å².